The minimum absolute atomic E-state index is 0.181. The van der Waals surface area contributed by atoms with Crippen LogP contribution in [0.15, 0.2) is 24.3 Å². The van der Waals surface area contributed by atoms with Gasteiger partial charge >= 0.3 is 6.18 Å². The second-order valence-corrected chi connectivity index (χ2v) is 4.13. The summed E-state index contributed by atoms with van der Waals surface area (Å²) in [5, 5.41) is 0. The zero-order chi connectivity index (χ0) is 11.7. The lowest BCUT2D eigenvalue weighted by molar-refractivity contribution is -0.138. The summed E-state index contributed by atoms with van der Waals surface area (Å²) in [7, 11) is 0. The van der Waals surface area contributed by atoms with E-state index in [1.165, 1.54) is 12.1 Å². The molecule has 15 heavy (non-hydrogen) atoms. The van der Waals surface area contributed by atoms with Crippen molar-refractivity contribution in [2.75, 3.05) is 6.54 Å². The first kappa shape index (κ1) is 12.0. The van der Waals surface area contributed by atoms with E-state index in [4.69, 9.17) is 5.73 Å². The standard InChI is InChI=1S/C11H14F3N/c1-10(2,7-15)8-5-3-4-6-9(8)11(12,13)14/h3-6H,7,15H2,1-2H3. The molecule has 0 atom stereocenters. The van der Waals surface area contributed by atoms with Crippen LogP contribution in [0.5, 0.6) is 0 Å². The molecule has 1 nitrogen and oxygen atoms in total. The van der Waals surface area contributed by atoms with Gasteiger partial charge in [-0.25, -0.2) is 0 Å². The molecule has 0 aromatic heterocycles. The van der Waals surface area contributed by atoms with E-state index < -0.39 is 17.2 Å². The molecule has 84 valence electrons. The van der Waals surface area contributed by atoms with Crippen LogP contribution in [0.4, 0.5) is 13.2 Å². The van der Waals surface area contributed by atoms with E-state index in [9.17, 15) is 13.2 Å². The van der Waals surface area contributed by atoms with Crippen molar-refractivity contribution in [3.8, 4) is 0 Å². The molecule has 0 heterocycles. The minimum atomic E-state index is -4.32. The van der Waals surface area contributed by atoms with Crippen molar-refractivity contribution in [3.63, 3.8) is 0 Å². The van der Waals surface area contributed by atoms with E-state index in [-0.39, 0.29) is 12.1 Å². The fourth-order valence-electron chi connectivity index (χ4n) is 1.43. The highest BCUT2D eigenvalue weighted by atomic mass is 19.4. The number of alkyl halides is 3. The zero-order valence-electron chi connectivity index (χ0n) is 8.73. The number of benzene rings is 1. The van der Waals surface area contributed by atoms with Gasteiger partial charge in [-0.05, 0) is 11.6 Å². The number of hydrogen-bond donors (Lipinski definition) is 1. The van der Waals surface area contributed by atoms with Gasteiger partial charge in [-0.2, -0.15) is 13.2 Å². The number of hydrogen-bond acceptors (Lipinski definition) is 1. The van der Waals surface area contributed by atoms with Gasteiger partial charge < -0.3 is 5.73 Å². The Labute approximate surface area is 87.1 Å². The molecule has 1 aromatic carbocycles. The summed E-state index contributed by atoms with van der Waals surface area (Å²) >= 11 is 0. The lowest BCUT2D eigenvalue weighted by atomic mass is 9.82. The average molecular weight is 217 g/mol. The fourth-order valence-corrected chi connectivity index (χ4v) is 1.43. The molecule has 0 bridgehead atoms. The van der Waals surface area contributed by atoms with Gasteiger partial charge in [0, 0.05) is 12.0 Å². The predicted octanol–water partition coefficient (Wildman–Crippen LogP) is 2.94. The molecule has 0 aliphatic rings. The Morgan fingerprint density at radius 3 is 1.93 bits per heavy atom. The van der Waals surface area contributed by atoms with Crippen LogP contribution in [0.25, 0.3) is 0 Å². The molecule has 1 aromatic rings. The Morgan fingerprint density at radius 1 is 1.07 bits per heavy atom. The highest BCUT2D eigenvalue weighted by Crippen LogP contribution is 2.36. The summed E-state index contributed by atoms with van der Waals surface area (Å²) in [6.07, 6.45) is -4.32. The van der Waals surface area contributed by atoms with Crippen molar-refractivity contribution in [1.82, 2.24) is 0 Å². The maximum Gasteiger partial charge on any atom is 0.416 e. The highest BCUT2D eigenvalue weighted by Gasteiger charge is 2.36. The van der Waals surface area contributed by atoms with E-state index in [1.54, 1.807) is 19.9 Å². The third-order valence-electron chi connectivity index (χ3n) is 2.47. The van der Waals surface area contributed by atoms with Crippen molar-refractivity contribution < 1.29 is 13.2 Å². The first-order chi connectivity index (χ1) is 6.79. The van der Waals surface area contributed by atoms with E-state index in [0.29, 0.717) is 0 Å². The summed E-state index contributed by atoms with van der Waals surface area (Å²) in [6, 6.07) is 5.56. The van der Waals surface area contributed by atoms with Crippen LogP contribution in [0.2, 0.25) is 0 Å². The molecule has 0 aliphatic carbocycles. The SMILES string of the molecule is CC(C)(CN)c1ccccc1C(F)(F)F. The summed E-state index contributed by atoms with van der Waals surface area (Å²) in [6.45, 7) is 3.59. The molecule has 0 fully saturated rings. The molecule has 0 unspecified atom stereocenters. The van der Waals surface area contributed by atoms with Crippen LogP contribution in [-0.4, -0.2) is 6.54 Å². The largest absolute Gasteiger partial charge is 0.416 e. The minimum Gasteiger partial charge on any atom is -0.330 e. The maximum atomic E-state index is 12.7. The molecular weight excluding hydrogens is 203 g/mol. The molecule has 0 saturated heterocycles. The third-order valence-corrected chi connectivity index (χ3v) is 2.47. The molecular formula is C11H14F3N. The normalized spacial score (nSPS) is 12.9. The molecule has 4 heteroatoms. The molecule has 0 saturated carbocycles. The smallest absolute Gasteiger partial charge is 0.330 e. The fraction of sp³-hybridized carbons (Fsp3) is 0.455. The topological polar surface area (TPSA) is 26.0 Å². The van der Waals surface area contributed by atoms with Gasteiger partial charge in [-0.3, -0.25) is 0 Å². The first-order valence-corrected chi connectivity index (χ1v) is 4.66. The molecule has 0 aliphatic heterocycles. The van der Waals surface area contributed by atoms with Gasteiger partial charge in [-0.15, -0.1) is 0 Å². The van der Waals surface area contributed by atoms with Crippen LogP contribution < -0.4 is 5.73 Å². The summed E-state index contributed by atoms with van der Waals surface area (Å²) in [5.41, 5.74) is 4.48. The van der Waals surface area contributed by atoms with Crippen LogP contribution in [0.3, 0.4) is 0 Å². The Bertz CT molecular complexity index is 342. The Balaban J connectivity index is 3.31. The van der Waals surface area contributed by atoms with E-state index in [1.807, 2.05) is 0 Å². The number of nitrogens with two attached hydrogens (primary N) is 1. The third kappa shape index (κ3) is 2.50. The summed E-state index contributed by atoms with van der Waals surface area (Å²) < 4.78 is 38.0. The summed E-state index contributed by atoms with van der Waals surface area (Å²) in [4.78, 5) is 0. The second-order valence-electron chi connectivity index (χ2n) is 4.13. The molecule has 2 N–H and O–H groups in total. The molecule has 0 spiro atoms. The van der Waals surface area contributed by atoms with Crippen LogP contribution in [-0.2, 0) is 11.6 Å². The van der Waals surface area contributed by atoms with Crippen LogP contribution in [0, 0.1) is 0 Å². The predicted molar refractivity (Wildman–Crippen MR) is 53.5 cm³/mol. The summed E-state index contributed by atoms with van der Waals surface area (Å²) in [5.74, 6) is 0. The van der Waals surface area contributed by atoms with E-state index in [2.05, 4.69) is 0 Å². The van der Waals surface area contributed by atoms with E-state index in [0.717, 1.165) is 6.07 Å². The molecule has 0 amide bonds. The Kier molecular flexibility index (Phi) is 3.09. The van der Waals surface area contributed by atoms with Crippen molar-refractivity contribution in [3.05, 3.63) is 35.4 Å². The van der Waals surface area contributed by atoms with Crippen LogP contribution in [0.1, 0.15) is 25.0 Å². The van der Waals surface area contributed by atoms with Gasteiger partial charge in [0.05, 0.1) is 5.56 Å². The van der Waals surface area contributed by atoms with Crippen molar-refractivity contribution in [1.29, 1.82) is 0 Å². The van der Waals surface area contributed by atoms with Crippen LogP contribution >= 0.6 is 0 Å². The lowest BCUT2D eigenvalue weighted by Crippen LogP contribution is -2.30. The number of rotatable bonds is 2. The van der Waals surface area contributed by atoms with Gasteiger partial charge in [0.2, 0.25) is 0 Å². The quantitative estimate of drug-likeness (QED) is 0.809. The molecule has 0 radical (unpaired) electrons. The molecule has 1 rings (SSSR count). The Morgan fingerprint density at radius 2 is 1.53 bits per heavy atom. The van der Waals surface area contributed by atoms with Gasteiger partial charge in [0.25, 0.3) is 0 Å². The monoisotopic (exact) mass is 217 g/mol. The average Bonchev–Trinajstić information content (AvgIpc) is 2.16. The first-order valence-electron chi connectivity index (χ1n) is 4.66. The number of halogens is 3. The maximum absolute atomic E-state index is 12.7. The van der Waals surface area contributed by atoms with Gasteiger partial charge in [0.1, 0.15) is 0 Å². The highest BCUT2D eigenvalue weighted by molar-refractivity contribution is 5.35. The van der Waals surface area contributed by atoms with Crippen molar-refractivity contribution >= 4 is 0 Å². The zero-order valence-corrected chi connectivity index (χ0v) is 8.73. The van der Waals surface area contributed by atoms with Crippen molar-refractivity contribution in [2.45, 2.75) is 25.4 Å². The van der Waals surface area contributed by atoms with Gasteiger partial charge in [0.15, 0.2) is 0 Å². The Hall–Kier alpha value is -1.03. The second kappa shape index (κ2) is 3.85. The van der Waals surface area contributed by atoms with Gasteiger partial charge in [-0.1, -0.05) is 32.0 Å². The van der Waals surface area contributed by atoms with E-state index >= 15 is 0 Å². The van der Waals surface area contributed by atoms with Crippen molar-refractivity contribution in [2.24, 2.45) is 5.73 Å². The lowest BCUT2D eigenvalue weighted by Gasteiger charge is -2.26.